The van der Waals surface area contributed by atoms with E-state index in [1.807, 2.05) is 22.0 Å². The molecule has 1 saturated heterocycles. The largest absolute Gasteiger partial charge is 0.494 e. The predicted molar refractivity (Wildman–Crippen MR) is 136 cm³/mol. The lowest BCUT2D eigenvalue weighted by atomic mass is 9.86. The molecule has 0 amide bonds. The first-order valence-corrected chi connectivity index (χ1v) is 13.3. The SMILES string of the molecule is COc1c(-c2cc3c(s2)CCCC3CN2CCOCC2)ccc2c(=O)c(C(=O)O)cn(C3CC3)c12. The van der Waals surface area contributed by atoms with Gasteiger partial charge in [0, 0.05) is 47.2 Å². The zero-order valence-electron chi connectivity index (χ0n) is 19.9. The normalized spacial score (nSPS) is 20.7. The Balaban J connectivity index is 1.45. The summed E-state index contributed by atoms with van der Waals surface area (Å²) in [5.41, 5.74) is 2.49. The van der Waals surface area contributed by atoms with E-state index in [1.54, 1.807) is 13.2 Å². The molecule has 0 bridgehead atoms. The number of carbonyl (C=O) groups is 1. The van der Waals surface area contributed by atoms with Crippen LogP contribution in [0.3, 0.4) is 0 Å². The zero-order chi connectivity index (χ0) is 24.1. The van der Waals surface area contributed by atoms with Crippen LogP contribution in [0.25, 0.3) is 21.3 Å². The number of rotatable bonds is 6. The number of hydrogen-bond acceptors (Lipinski definition) is 6. The Morgan fingerprint density at radius 2 is 2.03 bits per heavy atom. The van der Waals surface area contributed by atoms with Crippen molar-refractivity contribution in [3.63, 3.8) is 0 Å². The van der Waals surface area contributed by atoms with Crippen molar-refractivity contribution in [1.82, 2.24) is 9.47 Å². The molecule has 1 unspecified atom stereocenters. The fourth-order valence-electron chi connectivity index (χ4n) is 5.68. The molecule has 2 aromatic heterocycles. The number of fused-ring (bicyclic) bond motifs is 2. The molecule has 8 heteroatoms. The number of nitrogens with zero attached hydrogens (tertiary/aromatic N) is 2. The minimum Gasteiger partial charge on any atom is -0.494 e. The number of morpholine rings is 1. The van der Waals surface area contributed by atoms with Crippen LogP contribution in [0.5, 0.6) is 5.75 Å². The van der Waals surface area contributed by atoms with Crippen LogP contribution in [0.1, 0.15) is 58.4 Å². The van der Waals surface area contributed by atoms with Crippen LogP contribution in [0.4, 0.5) is 0 Å². The molecule has 1 saturated carbocycles. The van der Waals surface area contributed by atoms with E-state index < -0.39 is 11.4 Å². The molecule has 3 aliphatic rings. The summed E-state index contributed by atoms with van der Waals surface area (Å²) in [7, 11) is 1.64. The van der Waals surface area contributed by atoms with Gasteiger partial charge in [-0.3, -0.25) is 9.69 Å². The molecule has 35 heavy (non-hydrogen) atoms. The molecule has 1 N–H and O–H groups in total. The number of thiophene rings is 1. The number of aryl methyl sites for hydroxylation is 1. The van der Waals surface area contributed by atoms with Gasteiger partial charge in [0.15, 0.2) is 5.75 Å². The lowest BCUT2D eigenvalue weighted by molar-refractivity contribution is 0.0343. The molecule has 1 aliphatic heterocycles. The average Bonchev–Trinajstić information content (AvgIpc) is 3.62. The van der Waals surface area contributed by atoms with E-state index in [9.17, 15) is 14.7 Å². The van der Waals surface area contributed by atoms with Gasteiger partial charge in [0.25, 0.3) is 0 Å². The third kappa shape index (κ3) is 4.07. The lowest BCUT2D eigenvalue weighted by Gasteiger charge is -2.32. The first-order chi connectivity index (χ1) is 17.0. The van der Waals surface area contributed by atoms with Gasteiger partial charge in [0.05, 0.1) is 31.2 Å². The Morgan fingerprint density at radius 3 is 2.74 bits per heavy atom. The van der Waals surface area contributed by atoms with Crippen molar-refractivity contribution in [2.75, 3.05) is 40.0 Å². The minimum atomic E-state index is -1.19. The van der Waals surface area contributed by atoms with Gasteiger partial charge < -0.3 is 19.1 Å². The van der Waals surface area contributed by atoms with Crippen molar-refractivity contribution in [2.24, 2.45) is 0 Å². The van der Waals surface area contributed by atoms with Crippen molar-refractivity contribution in [3.05, 3.63) is 50.6 Å². The van der Waals surface area contributed by atoms with Gasteiger partial charge in [-0.1, -0.05) is 0 Å². The summed E-state index contributed by atoms with van der Waals surface area (Å²) in [6.07, 6.45) is 6.96. The van der Waals surface area contributed by atoms with Gasteiger partial charge in [0.2, 0.25) is 5.43 Å². The molecular formula is C27H30N2O5S. The summed E-state index contributed by atoms with van der Waals surface area (Å²) < 4.78 is 13.4. The molecule has 1 aromatic carbocycles. The highest BCUT2D eigenvalue weighted by Crippen LogP contribution is 2.47. The Morgan fingerprint density at radius 1 is 1.23 bits per heavy atom. The molecule has 2 fully saturated rings. The maximum Gasteiger partial charge on any atom is 0.341 e. The Hall–Kier alpha value is -2.68. The van der Waals surface area contributed by atoms with Crippen LogP contribution in [0.15, 0.2) is 29.2 Å². The first-order valence-electron chi connectivity index (χ1n) is 12.5. The summed E-state index contributed by atoms with van der Waals surface area (Å²) >= 11 is 1.83. The maximum atomic E-state index is 13.0. The van der Waals surface area contributed by atoms with Crippen molar-refractivity contribution >= 4 is 28.2 Å². The second-order valence-corrected chi connectivity index (χ2v) is 11.0. The molecule has 2 aliphatic carbocycles. The minimum absolute atomic E-state index is 0.184. The number of ether oxygens (including phenoxy) is 2. The van der Waals surface area contributed by atoms with E-state index >= 15 is 0 Å². The third-order valence-corrected chi connectivity index (χ3v) is 8.85. The molecule has 7 nitrogen and oxygen atoms in total. The monoisotopic (exact) mass is 494 g/mol. The smallest absolute Gasteiger partial charge is 0.341 e. The van der Waals surface area contributed by atoms with E-state index in [1.165, 1.54) is 29.5 Å². The van der Waals surface area contributed by atoms with Crippen molar-refractivity contribution in [3.8, 4) is 16.2 Å². The zero-order valence-corrected chi connectivity index (χ0v) is 20.7. The predicted octanol–water partition coefficient (Wildman–Crippen LogP) is 4.52. The van der Waals surface area contributed by atoms with Crippen molar-refractivity contribution < 1.29 is 19.4 Å². The van der Waals surface area contributed by atoms with Gasteiger partial charge in [-0.25, -0.2) is 4.79 Å². The van der Waals surface area contributed by atoms with Crippen LogP contribution >= 0.6 is 11.3 Å². The Kier molecular flexibility index (Phi) is 5.90. The number of benzene rings is 1. The molecule has 3 heterocycles. The van der Waals surface area contributed by atoms with E-state index in [-0.39, 0.29) is 11.6 Å². The van der Waals surface area contributed by atoms with E-state index in [2.05, 4.69) is 11.0 Å². The fraction of sp³-hybridized carbons (Fsp3) is 0.481. The number of carboxylic acid groups (broad SMARTS) is 1. The maximum absolute atomic E-state index is 13.0. The molecule has 184 valence electrons. The number of hydrogen-bond donors (Lipinski definition) is 1. The number of aromatic nitrogens is 1. The summed E-state index contributed by atoms with van der Waals surface area (Å²) in [4.78, 5) is 29.9. The first kappa shape index (κ1) is 22.8. The van der Waals surface area contributed by atoms with Crippen LogP contribution in [0, 0.1) is 0 Å². The number of methoxy groups -OCH3 is 1. The molecule has 0 spiro atoms. The summed E-state index contributed by atoms with van der Waals surface area (Å²) in [5, 5.41) is 10.00. The summed E-state index contributed by atoms with van der Waals surface area (Å²) in [6.45, 7) is 4.70. The van der Waals surface area contributed by atoms with Crippen LogP contribution in [0.2, 0.25) is 0 Å². The van der Waals surface area contributed by atoms with Crippen LogP contribution in [-0.2, 0) is 11.2 Å². The van der Waals surface area contributed by atoms with Crippen LogP contribution in [-0.4, -0.2) is 60.5 Å². The van der Waals surface area contributed by atoms with Crippen molar-refractivity contribution in [1.29, 1.82) is 0 Å². The van der Waals surface area contributed by atoms with Gasteiger partial charge in [-0.15, -0.1) is 11.3 Å². The number of pyridine rings is 1. The third-order valence-electron chi connectivity index (χ3n) is 7.61. The Bertz CT molecular complexity index is 1350. The summed E-state index contributed by atoms with van der Waals surface area (Å²) in [6, 6.07) is 6.25. The van der Waals surface area contributed by atoms with Crippen LogP contribution < -0.4 is 10.2 Å². The highest BCUT2D eigenvalue weighted by Gasteiger charge is 2.30. The molecule has 6 rings (SSSR count). The molecular weight excluding hydrogens is 464 g/mol. The van der Waals surface area contributed by atoms with E-state index in [0.717, 1.165) is 62.6 Å². The average molecular weight is 495 g/mol. The fourth-order valence-corrected chi connectivity index (χ4v) is 6.99. The molecule has 3 aromatic rings. The highest BCUT2D eigenvalue weighted by atomic mass is 32.1. The van der Waals surface area contributed by atoms with E-state index in [0.29, 0.717) is 22.6 Å². The standard InChI is InChI=1S/C27H30N2O5S/c1-33-26-18(7-8-19-24(26)29(17-5-6-17)15-21(25(19)30)27(31)32)23-13-20-16(3-2-4-22(20)35-23)14-28-9-11-34-12-10-28/h7-8,13,15-17H,2-6,9-12,14H2,1H3,(H,31,32). The second-order valence-electron chi connectivity index (χ2n) is 9.85. The number of carboxylic acids is 1. The topological polar surface area (TPSA) is 81.0 Å². The second kappa shape index (κ2) is 9.08. The lowest BCUT2D eigenvalue weighted by Crippen LogP contribution is -2.39. The van der Waals surface area contributed by atoms with Gasteiger partial charge in [-0.05, 0) is 61.8 Å². The van der Waals surface area contributed by atoms with Gasteiger partial charge in [0.1, 0.15) is 5.56 Å². The molecule has 0 radical (unpaired) electrons. The highest BCUT2D eigenvalue weighted by molar-refractivity contribution is 7.15. The van der Waals surface area contributed by atoms with Gasteiger partial charge >= 0.3 is 5.97 Å². The Labute approximate surface area is 207 Å². The number of aromatic carboxylic acids is 1. The summed E-state index contributed by atoms with van der Waals surface area (Å²) in [5.74, 6) is -0.00517. The van der Waals surface area contributed by atoms with Crippen molar-refractivity contribution in [2.45, 2.75) is 44.1 Å². The molecule has 1 atom stereocenters. The quantitative estimate of drug-likeness (QED) is 0.543. The van der Waals surface area contributed by atoms with E-state index in [4.69, 9.17) is 9.47 Å². The van der Waals surface area contributed by atoms with Gasteiger partial charge in [-0.2, -0.15) is 0 Å².